The number of nitrogens with zero attached hydrogens (tertiary/aromatic N) is 1. The molecule has 0 radical (unpaired) electrons. The van der Waals surface area contributed by atoms with Crippen LogP contribution in [0.25, 0.3) is 10.8 Å². The fourth-order valence-electron chi connectivity index (χ4n) is 2.14. The molecule has 0 spiro atoms. The molecule has 1 aliphatic heterocycles. The topological polar surface area (TPSA) is 46.0 Å². The molecule has 3 nitrogen and oxygen atoms in total. The smallest absolute Gasteiger partial charge is 0.192 e. The molecule has 2 aromatic carbocycles. The molecule has 86 valence electrons. The molecule has 0 amide bonds. The minimum Gasteiger partial charge on any atom is -1.00 e. The van der Waals surface area contributed by atoms with E-state index in [9.17, 15) is 4.79 Å². The van der Waals surface area contributed by atoms with E-state index in [1.54, 1.807) is 13.3 Å². The van der Waals surface area contributed by atoms with Gasteiger partial charge >= 0.3 is 0 Å². The van der Waals surface area contributed by atoms with Gasteiger partial charge in [-0.05, 0) is 18.4 Å². The van der Waals surface area contributed by atoms with E-state index in [0.717, 1.165) is 22.1 Å². The zero-order chi connectivity index (χ0) is 11.1. The molecule has 4 heteroatoms. The summed E-state index contributed by atoms with van der Waals surface area (Å²) in [5.41, 5.74) is 2.64. The van der Waals surface area contributed by atoms with Crippen LogP contribution in [0.3, 0.4) is 0 Å². The SMILES string of the molecule is CC(=O)c1ccc2cccc3c2c1N=C[NH2+]3.[Cl-]. The Hall–Kier alpha value is -1.71. The van der Waals surface area contributed by atoms with Crippen molar-refractivity contribution >= 4 is 34.3 Å². The Kier molecular flexibility index (Phi) is 2.96. The number of hydrogen-bond donors (Lipinski definition) is 1. The summed E-state index contributed by atoms with van der Waals surface area (Å²) in [6.07, 6.45) is 1.75. The Morgan fingerprint density at radius 2 is 2.06 bits per heavy atom. The third-order valence-corrected chi connectivity index (χ3v) is 2.89. The van der Waals surface area contributed by atoms with Crippen molar-refractivity contribution < 1.29 is 22.5 Å². The Balaban J connectivity index is 0.00000108. The second-order valence-electron chi connectivity index (χ2n) is 3.91. The van der Waals surface area contributed by atoms with Crippen LogP contribution in [0.4, 0.5) is 11.4 Å². The maximum absolute atomic E-state index is 11.5. The van der Waals surface area contributed by atoms with Crippen LogP contribution in [0, 0.1) is 0 Å². The number of carbonyl (C=O) groups excluding carboxylic acids is 1. The minimum absolute atomic E-state index is 0. The number of benzene rings is 2. The van der Waals surface area contributed by atoms with Crippen molar-refractivity contribution in [2.45, 2.75) is 6.92 Å². The van der Waals surface area contributed by atoms with Crippen molar-refractivity contribution in [3.05, 3.63) is 35.9 Å². The van der Waals surface area contributed by atoms with E-state index in [2.05, 4.69) is 4.99 Å². The number of quaternary nitrogens is 1. The van der Waals surface area contributed by atoms with Gasteiger partial charge in [-0.15, -0.1) is 0 Å². The standard InChI is InChI=1S/C13H10N2O.ClH/c1-8(16)10-6-5-9-3-2-4-11-12(9)13(10)15-7-14-11;/h2-7H,1H3,(H,14,15);1H. The van der Waals surface area contributed by atoms with Gasteiger partial charge in [-0.3, -0.25) is 10.1 Å². The molecule has 0 unspecified atom stereocenters. The Morgan fingerprint density at radius 3 is 2.82 bits per heavy atom. The van der Waals surface area contributed by atoms with Crippen molar-refractivity contribution in [2.24, 2.45) is 4.99 Å². The number of Topliss-reactive ketones (excluding diaryl/α,β-unsaturated/α-hetero) is 1. The van der Waals surface area contributed by atoms with Gasteiger partial charge in [-0.1, -0.05) is 18.2 Å². The third kappa shape index (κ3) is 1.73. The Bertz CT molecular complexity index is 635. The molecule has 2 aromatic rings. The molecule has 0 saturated heterocycles. The summed E-state index contributed by atoms with van der Waals surface area (Å²) in [6.45, 7) is 1.58. The van der Waals surface area contributed by atoms with E-state index < -0.39 is 0 Å². The van der Waals surface area contributed by atoms with Gasteiger partial charge in [-0.2, -0.15) is 0 Å². The first kappa shape index (κ1) is 11.8. The van der Waals surface area contributed by atoms with Gasteiger partial charge in [0.25, 0.3) is 0 Å². The normalized spacial score (nSPS) is 12.3. The first-order valence-corrected chi connectivity index (χ1v) is 5.21. The van der Waals surface area contributed by atoms with E-state index in [4.69, 9.17) is 0 Å². The molecule has 1 heterocycles. The summed E-state index contributed by atoms with van der Waals surface area (Å²) >= 11 is 0. The first-order valence-electron chi connectivity index (χ1n) is 5.21. The molecular formula is C13H11ClN2O. The van der Waals surface area contributed by atoms with Crippen LogP contribution in [0.15, 0.2) is 35.3 Å². The fraction of sp³-hybridized carbons (Fsp3) is 0.0769. The lowest BCUT2D eigenvalue weighted by atomic mass is 10.00. The van der Waals surface area contributed by atoms with E-state index in [1.807, 2.05) is 35.6 Å². The molecule has 0 aromatic heterocycles. The van der Waals surface area contributed by atoms with Crippen LogP contribution < -0.4 is 17.7 Å². The van der Waals surface area contributed by atoms with Crippen LogP contribution in [0.1, 0.15) is 17.3 Å². The molecule has 1 aliphatic rings. The van der Waals surface area contributed by atoms with Crippen molar-refractivity contribution in [3.8, 4) is 0 Å². The summed E-state index contributed by atoms with van der Waals surface area (Å²) in [5, 5.41) is 4.18. The molecule has 17 heavy (non-hydrogen) atoms. The predicted molar refractivity (Wildman–Crippen MR) is 63.7 cm³/mol. The molecule has 0 saturated carbocycles. The number of nitrogens with two attached hydrogens (primary N) is 1. The number of aliphatic imine (C=N–C) groups is 1. The van der Waals surface area contributed by atoms with Gasteiger partial charge in [0.05, 0.1) is 11.1 Å². The highest BCUT2D eigenvalue weighted by Crippen LogP contribution is 2.34. The van der Waals surface area contributed by atoms with Gasteiger partial charge in [-0.25, -0.2) is 4.99 Å². The zero-order valence-electron chi connectivity index (χ0n) is 9.27. The van der Waals surface area contributed by atoms with Crippen molar-refractivity contribution in [1.29, 1.82) is 0 Å². The highest BCUT2D eigenvalue weighted by molar-refractivity contribution is 6.11. The number of halogens is 1. The van der Waals surface area contributed by atoms with E-state index in [-0.39, 0.29) is 18.2 Å². The van der Waals surface area contributed by atoms with Crippen LogP contribution in [-0.4, -0.2) is 12.1 Å². The monoisotopic (exact) mass is 246 g/mol. The van der Waals surface area contributed by atoms with E-state index in [1.165, 1.54) is 0 Å². The molecular weight excluding hydrogens is 236 g/mol. The van der Waals surface area contributed by atoms with Gasteiger partial charge < -0.3 is 12.4 Å². The van der Waals surface area contributed by atoms with Crippen molar-refractivity contribution in [1.82, 2.24) is 0 Å². The quantitative estimate of drug-likeness (QED) is 0.505. The van der Waals surface area contributed by atoms with Gasteiger partial charge in [0.2, 0.25) is 0 Å². The lowest BCUT2D eigenvalue weighted by molar-refractivity contribution is -0.431. The minimum atomic E-state index is 0. The van der Waals surface area contributed by atoms with Gasteiger partial charge in [0.15, 0.2) is 12.1 Å². The lowest BCUT2D eigenvalue weighted by Gasteiger charge is -2.11. The Labute approximate surface area is 105 Å². The number of ketones is 1. The average Bonchev–Trinajstić information content (AvgIpc) is 2.30. The van der Waals surface area contributed by atoms with Crippen molar-refractivity contribution in [2.75, 3.05) is 0 Å². The molecule has 2 N–H and O–H groups in total. The highest BCUT2D eigenvalue weighted by Gasteiger charge is 2.17. The van der Waals surface area contributed by atoms with E-state index >= 15 is 0 Å². The van der Waals surface area contributed by atoms with Crippen molar-refractivity contribution in [3.63, 3.8) is 0 Å². The molecule has 0 aliphatic carbocycles. The van der Waals surface area contributed by atoms with Gasteiger partial charge in [0.1, 0.15) is 5.69 Å². The molecule has 0 bridgehead atoms. The van der Waals surface area contributed by atoms with Crippen LogP contribution in [-0.2, 0) is 0 Å². The number of hydrogen-bond acceptors (Lipinski definition) is 2. The average molecular weight is 247 g/mol. The van der Waals surface area contributed by atoms with Crippen LogP contribution >= 0.6 is 0 Å². The fourth-order valence-corrected chi connectivity index (χ4v) is 2.14. The highest BCUT2D eigenvalue weighted by atomic mass is 35.5. The van der Waals surface area contributed by atoms with Gasteiger partial charge in [0, 0.05) is 11.6 Å². The maximum Gasteiger partial charge on any atom is 0.192 e. The summed E-state index contributed by atoms with van der Waals surface area (Å²) in [6, 6.07) is 9.94. The lowest BCUT2D eigenvalue weighted by Crippen LogP contribution is -3.00. The molecule has 3 rings (SSSR count). The first-order chi connectivity index (χ1) is 7.77. The summed E-state index contributed by atoms with van der Waals surface area (Å²) < 4.78 is 0. The second kappa shape index (κ2) is 4.28. The van der Waals surface area contributed by atoms with Crippen LogP contribution in [0.2, 0.25) is 0 Å². The summed E-state index contributed by atoms with van der Waals surface area (Å²) in [4.78, 5) is 15.9. The predicted octanol–water partition coefficient (Wildman–Crippen LogP) is -1.09. The second-order valence-corrected chi connectivity index (χ2v) is 3.91. The molecule has 0 atom stereocenters. The Morgan fingerprint density at radius 1 is 1.24 bits per heavy atom. The summed E-state index contributed by atoms with van der Waals surface area (Å²) in [7, 11) is 0. The number of rotatable bonds is 1. The van der Waals surface area contributed by atoms with Crippen LogP contribution in [0.5, 0.6) is 0 Å². The van der Waals surface area contributed by atoms with E-state index in [0.29, 0.717) is 5.56 Å². The summed E-state index contributed by atoms with van der Waals surface area (Å²) in [5.74, 6) is 0.0609. The largest absolute Gasteiger partial charge is 1.00 e. The molecule has 0 fully saturated rings. The maximum atomic E-state index is 11.5. The zero-order valence-corrected chi connectivity index (χ0v) is 10.0. The third-order valence-electron chi connectivity index (χ3n) is 2.89. The number of carbonyl (C=O) groups is 1.